The fraction of sp³-hybridized carbons (Fsp3) is 0.333. The zero-order valence-corrected chi connectivity index (χ0v) is 7.03. The van der Waals surface area contributed by atoms with Crippen LogP contribution in [0.2, 0.25) is 0 Å². The molecule has 1 aliphatic rings. The van der Waals surface area contributed by atoms with Crippen LogP contribution in [-0.4, -0.2) is 23.4 Å². The van der Waals surface area contributed by atoms with Gasteiger partial charge < -0.3 is 14.9 Å². The van der Waals surface area contributed by atoms with E-state index in [1.165, 1.54) is 6.07 Å². The maximum absolute atomic E-state index is 9.57. The van der Waals surface area contributed by atoms with Gasteiger partial charge in [-0.15, -0.1) is 0 Å². The van der Waals surface area contributed by atoms with Gasteiger partial charge in [0.15, 0.2) is 0 Å². The predicted molar refractivity (Wildman–Crippen MR) is 46.6 cm³/mol. The minimum atomic E-state index is -0.848. The number of ether oxygens (including phenoxy) is 1. The Bertz CT molecular complexity index is 314. The van der Waals surface area contributed by atoms with Crippen molar-refractivity contribution in [1.82, 2.24) is 5.32 Å². The maximum Gasteiger partial charge on any atom is 0.138 e. The van der Waals surface area contributed by atoms with Crippen LogP contribution < -0.4 is 10.1 Å². The van der Waals surface area contributed by atoms with E-state index < -0.39 is 6.23 Å². The number of fused-ring (bicyclic) bond motifs is 1. The van der Waals surface area contributed by atoms with Crippen molar-refractivity contribution >= 4 is 0 Å². The highest BCUT2D eigenvalue weighted by molar-refractivity contribution is 5.45. The standard InChI is InChI=1S/C9H11NO3/c11-6-2-1-3-7-8(6)9(12)10-4-5-13-7/h1-3,9-12H,4-5H2. The molecule has 0 bridgehead atoms. The Morgan fingerprint density at radius 1 is 1.46 bits per heavy atom. The molecule has 0 fully saturated rings. The highest BCUT2D eigenvalue weighted by atomic mass is 16.5. The summed E-state index contributed by atoms with van der Waals surface area (Å²) in [7, 11) is 0. The first kappa shape index (κ1) is 8.34. The SMILES string of the molecule is Oc1cccc2c1C(O)NCCO2. The number of nitrogens with one attached hydrogen (secondary N) is 1. The lowest BCUT2D eigenvalue weighted by Crippen LogP contribution is -2.22. The minimum absolute atomic E-state index is 0.0550. The average Bonchev–Trinajstić information content (AvgIpc) is 2.29. The van der Waals surface area contributed by atoms with Gasteiger partial charge in [0.05, 0.1) is 5.56 Å². The number of phenolic OH excluding ortho intramolecular Hbond substituents is 1. The van der Waals surface area contributed by atoms with Gasteiger partial charge in [-0.2, -0.15) is 0 Å². The van der Waals surface area contributed by atoms with Crippen molar-refractivity contribution < 1.29 is 14.9 Å². The number of hydrogen-bond acceptors (Lipinski definition) is 4. The molecule has 0 radical (unpaired) electrons. The van der Waals surface area contributed by atoms with Crippen molar-refractivity contribution in [3.05, 3.63) is 23.8 Å². The first-order valence-corrected chi connectivity index (χ1v) is 4.15. The zero-order chi connectivity index (χ0) is 9.26. The van der Waals surface area contributed by atoms with Gasteiger partial charge in [-0.3, -0.25) is 5.32 Å². The Kier molecular flexibility index (Phi) is 2.08. The van der Waals surface area contributed by atoms with Gasteiger partial charge in [-0.1, -0.05) is 6.07 Å². The van der Waals surface area contributed by atoms with E-state index in [0.717, 1.165) is 0 Å². The topological polar surface area (TPSA) is 61.7 Å². The van der Waals surface area contributed by atoms with Crippen LogP contribution in [0.3, 0.4) is 0 Å². The smallest absolute Gasteiger partial charge is 0.138 e. The summed E-state index contributed by atoms with van der Waals surface area (Å²) in [6.45, 7) is 1.06. The molecule has 0 aromatic heterocycles. The van der Waals surface area contributed by atoms with Gasteiger partial charge in [0.25, 0.3) is 0 Å². The number of aliphatic hydroxyl groups is 1. The van der Waals surface area contributed by atoms with Crippen LogP contribution in [0.5, 0.6) is 11.5 Å². The fourth-order valence-corrected chi connectivity index (χ4v) is 1.39. The Morgan fingerprint density at radius 3 is 3.15 bits per heavy atom. The molecule has 0 spiro atoms. The minimum Gasteiger partial charge on any atom is -0.507 e. The second kappa shape index (κ2) is 3.24. The predicted octanol–water partition coefficient (Wildman–Crippen LogP) is 0.365. The molecule has 1 aromatic carbocycles. The van der Waals surface area contributed by atoms with E-state index in [-0.39, 0.29) is 5.75 Å². The molecule has 0 saturated heterocycles. The summed E-state index contributed by atoms with van der Waals surface area (Å²) in [6, 6.07) is 4.94. The molecule has 4 nitrogen and oxygen atoms in total. The third-order valence-electron chi connectivity index (χ3n) is 2.01. The molecule has 1 atom stereocenters. The molecular formula is C9H11NO3. The molecular weight excluding hydrogens is 170 g/mol. The largest absolute Gasteiger partial charge is 0.507 e. The molecule has 4 heteroatoms. The van der Waals surface area contributed by atoms with E-state index >= 15 is 0 Å². The van der Waals surface area contributed by atoms with Crippen LogP contribution in [-0.2, 0) is 0 Å². The molecule has 70 valence electrons. The number of benzene rings is 1. The molecule has 0 amide bonds. The van der Waals surface area contributed by atoms with E-state index in [2.05, 4.69) is 5.32 Å². The molecule has 3 N–H and O–H groups in total. The first-order chi connectivity index (χ1) is 6.29. The third kappa shape index (κ3) is 1.46. The van der Waals surface area contributed by atoms with Gasteiger partial charge in [-0.25, -0.2) is 0 Å². The number of rotatable bonds is 0. The second-order valence-electron chi connectivity index (χ2n) is 2.89. The van der Waals surface area contributed by atoms with Crippen LogP contribution in [0, 0.1) is 0 Å². The van der Waals surface area contributed by atoms with Crippen LogP contribution in [0.1, 0.15) is 11.8 Å². The van der Waals surface area contributed by atoms with Crippen molar-refractivity contribution in [1.29, 1.82) is 0 Å². The zero-order valence-electron chi connectivity index (χ0n) is 7.03. The molecule has 1 aliphatic heterocycles. The van der Waals surface area contributed by atoms with Crippen molar-refractivity contribution in [2.45, 2.75) is 6.23 Å². The van der Waals surface area contributed by atoms with E-state index in [4.69, 9.17) is 4.74 Å². The monoisotopic (exact) mass is 181 g/mol. The van der Waals surface area contributed by atoms with Gasteiger partial charge in [0, 0.05) is 6.54 Å². The summed E-state index contributed by atoms with van der Waals surface area (Å²) < 4.78 is 5.32. The molecule has 2 rings (SSSR count). The van der Waals surface area contributed by atoms with Crippen molar-refractivity contribution in [2.24, 2.45) is 0 Å². The highest BCUT2D eigenvalue weighted by Gasteiger charge is 2.19. The quantitative estimate of drug-likeness (QED) is 0.541. The Morgan fingerprint density at radius 2 is 2.31 bits per heavy atom. The maximum atomic E-state index is 9.57. The Hall–Kier alpha value is -1.26. The van der Waals surface area contributed by atoms with Gasteiger partial charge in [0.1, 0.15) is 24.3 Å². The number of aromatic hydroxyl groups is 1. The Balaban J connectivity index is 2.48. The summed E-state index contributed by atoms with van der Waals surface area (Å²) >= 11 is 0. The van der Waals surface area contributed by atoms with Gasteiger partial charge in [-0.05, 0) is 12.1 Å². The van der Waals surface area contributed by atoms with Crippen molar-refractivity contribution in [3.8, 4) is 11.5 Å². The molecule has 13 heavy (non-hydrogen) atoms. The average molecular weight is 181 g/mol. The lowest BCUT2D eigenvalue weighted by atomic mass is 10.1. The van der Waals surface area contributed by atoms with E-state index in [0.29, 0.717) is 24.5 Å². The third-order valence-corrected chi connectivity index (χ3v) is 2.01. The first-order valence-electron chi connectivity index (χ1n) is 4.15. The normalized spacial score (nSPS) is 21.5. The van der Waals surface area contributed by atoms with Crippen LogP contribution >= 0.6 is 0 Å². The molecule has 0 aliphatic carbocycles. The van der Waals surface area contributed by atoms with Crippen LogP contribution in [0.15, 0.2) is 18.2 Å². The Labute approximate surface area is 75.8 Å². The van der Waals surface area contributed by atoms with E-state index in [1.54, 1.807) is 12.1 Å². The highest BCUT2D eigenvalue weighted by Crippen LogP contribution is 2.33. The summed E-state index contributed by atoms with van der Waals surface area (Å²) in [5.41, 5.74) is 0.417. The summed E-state index contributed by atoms with van der Waals surface area (Å²) in [5.74, 6) is 0.594. The summed E-state index contributed by atoms with van der Waals surface area (Å²) in [6.07, 6.45) is -0.848. The fourth-order valence-electron chi connectivity index (χ4n) is 1.39. The number of hydrogen-bond donors (Lipinski definition) is 3. The summed E-state index contributed by atoms with van der Waals surface area (Å²) in [5, 5.41) is 21.9. The van der Waals surface area contributed by atoms with Crippen LogP contribution in [0.4, 0.5) is 0 Å². The lowest BCUT2D eigenvalue weighted by Gasteiger charge is -2.12. The van der Waals surface area contributed by atoms with Crippen LogP contribution in [0.25, 0.3) is 0 Å². The lowest BCUT2D eigenvalue weighted by molar-refractivity contribution is 0.139. The van der Waals surface area contributed by atoms with Crippen molar-refractivity contribution in [3.63, 3.8) is 0 Å². The molecule has 1 aromatic rings. The van der Waals surface area contributed by atoms with Crippen molar-refractivity contribution in [2.75, 3.05) is 13.2 Å². The summed E-state index contributed by atoms with van der Waals surface area (Å²) in [4.78, 5) is 0. The second-order valence-corrected chi connectivity index (χ2v) is 2.89. The van der Waals surface area contributed by atoms with E-state index in [1.807, 2.05) is 0 Å². The number of aliphatic hydroxyl groups excluding tert-OH is 1. The molecule has 0 saturated carbocycles. The van der Waals surface area contributed by atoms with Gasteiger partial charge >= 0.3 is 0 Å². The van der Waals surface area contributed by atoms with E-state index in [9.17, 15) is 10.2 Å². The molecule has 1 heterocycles. The molecule has 1 unspecified atom stereocenters. The van der Waals surface area contributed by atoms with Gasteiger partial charge in [0.2, 0.25) is 0 Å². The number of phenols is 1.